The van der Waals surface area contributed by atoms with Crippen molar-refractivity contribution in [1.29, 1.82) is 0 Å². The van der Waals surface area contributed by atoms with E-state index in [2.05, 4.69) is 133 Å². The molecule has 1 heteroatoms. The average molecular weight is 515 g/mol. The molecule has 0 fully saturated rings. The third-order valence-corrected chi connectivity index (χ3v) is 8.29. The first-order valence-corrected chi connectivity index (χ1v) is 13.7. The van der Waals surface area contributed by atoms with Gasteiger partial charge in [0, 0.05) is 5.02 Å². The molecule has 0 N–H and O–H groups in total. The van der Waals surface area contributed by atoms with Gasteiger partial charge in [0.05, 0.1) is 0 Å². The predicted octanol–water partition coefficient (Wildman–Crippen LogP) is 11.4. The van der Waals surface area contributed by atoms with Crippen LogP contribution in [-0.2, 0) is 0 Å². The van der Waals surface area contributed by atoms with Crippen LogP contribution in [0.25, 0.3) is 76.1 Å². The Bertz CT molecular complexity index is 2240. The van der Waals surface area contributed by atoms with E-state index in [1.54, 1.807) is 0 Å². The van der Waals surface area contributed by atoms with Crippen LogP contribution in [0.15, 0.2) is 140 Å². The maximum atomic E-state index is 6.64. The summed E-state index contributed by atoms with van der Waals surface area (Å²) in [6.45, 7) is 0. The monoisotopic (exact) mass is 514 g/mol. The molecule has 182 valence electrons. The first-order valence-electron chi connectivity index (χ1n) is 13.3. The van der Waals surface area contributed by atoms with Crippen LogP contribution >= 0.6 is 11.6 Å². The Hall–Kier alpha value is -4.65. The van der Waals surface area contributed by atoms with E-state index in [4.69, 9.17) is 11.6 Å². The van der Waals surface area contributed by atoms with Gasteiger partial charge in [0.2, 0.25) is 0 Å². The molecule has 8 aromatic carbocycles. The summed E-state index contributed by atoms with van der Waals surface area (Å²) in [6, 6.07) is 50.5. The summed E-state index contributed by atoms with van der Waals surface area (Å²) in [5.41, 5.74) is 4.90. The van der Waals surface area contributed by atoms with Gasteiger partial charge < -0.3 is 0 Å². The highest BCUT2D eigenvalue weighted by molar-refractivity contribution is 6.33. The summed E-state index contributed by atoms with van der Waals surface area (Å²) >= 11 is 6.64. The molecule has 0 aliphatic carbocycles. The second kappa shape index (κ2) is 8.70. The first kappa shape index (κ1) is 22.3. The van der Waals surface area contributed by atoms with E-state index in [1.165, 1.54) is 76.1 Å². The summed E-state index contributed by atoms with van der Waals surface area (Å²) in [5, 5.41) is 13.1. The van der Waals surface area contributed by atoms with Crippen LogP contribution in [0.1, 0.15) is 0 Å². The lowest BCUT2D eigenvalue weighted by atomic mass is 9.87. The van der Waals surface area contributed by atoms with E-state index in [9.17, 15) is 0 Å². The van der Waals surface area contributed by atoms with Gasteiger partial charge in [-0.1, -0.05) is 115 Å². The summed E-state index contributed by atoms with van der Waals surface area (Å²) in [7, 11) is 0. The van der Waals surface area contributed by atoms with Crippen LogP contribution in [0.2, 0.25) is 5.02 Å². The molecule has 0 saturated carbocycles. The molecule has 0 unspecified atom stereocenters. The topological polar surface area (TPSA) is 0 Å². The molecule has 0 aliphatic rings. The Kier molecular flexibility index (Phi) is 4.98. The molecule has 0 aromatic heterocycles. The Morgan fingerprint density at radius 2 is 0.769 bits per heavy atom. The molecule has 0 nitrogen and oxygen atoms in total. The van der Waals surface area contributed by atoms with Gasteiger partial charge in [-0.2, -0.15) is 0 Å². The summed E-state index contributed by atoms with van der Waals surface area (Å²) in [6.07, 6.45) is 0. The highest BCUT2D eigenvalue weighted by Gasteiger charge is 2.15. The van der Waals surface area contributed by atoms with Crippen molar-refractivity contribution in [3.8, 4) is 22.3 Å². The van der Waals surface area contributed by atoms with E-state index in [0.717, 1.165) is 5.02 Å². The molecular weight excluding hydrogens is 492 g/mol. The van der Waals surface area contributed by atoms with Crippen LogP contribution in [0, 0.1) is 0 Å². The fourth-order valence-corrected chi connectivity index (χ4v) is 6.34. The fraction of sp³-hybridized carbons (Fsp3) is 0. The van der Waals surface area contributed by atoms with Gasteiger partial charge in [0.25, 0.3) is 0 Å². The molecule has 0 radical (unpaired) electrons. The van der Waals surface area contributed by atoms with Gasteiger partial charge in [-0.15, -0.1) is 0 Å². The SMILES string of the molecule is Clc1ccc2c(-c3ccc4ccccc4c3)cc3c4ccccc4c(-c4ccc5ccccc5c4)cc3c2c1. The molecule has 0 atom stereocenters. The van der Waals surface area contributed by atoms with Crippen LogP contribution in [0.4, 0.5) is 0 Å². The van der Waals surface area contributed by atoms with Crippen LogP contribution in [0.3, 0.4) is 0 Å². The molecule has 0 aliphatic heterocycles. The lowest BCUT2D eigenvalue weighted by Crippen LogP contribution is -1.89. The van der Waals surface area contributed by atoms with Crippen molar-refractivity contribution in [2.45, 2.75) is 0 Å². The minimum Gasteiger partial charge on any atom is -0.0843 e. The van der Waals surface area contributed by atoms with Crippen molar-refractivity contribution in [3.05, 3.63) is 145 Å². The molecular formula is C38H23Cl. The van der Waals surface area contributed by atoms with Crippen LogP contribution in [0.5, 0.6) is 0 Å². The second-order valence-corrected chi connectivity index (χ2v) is 10.7. The number of hydrogen-bond acceptors (Lipinski definition) is 0. The maximum Gasteiger partial charge on any atom is 0.0412 e. The number of hydrogen-bond donors (Lipinski definition) is 0. The van der Waals surface area contributed by atoms with Gasteiger partial charge in [0.1, 0.15) is 0 Å². The molecule has 8 aromatic rings. The molecule has 0 amide bonds. The van der Waals surface area contributed by atoms with Gasteiger partial charge in [-0.25, -0.2) is 0 Å². The molecule has 0 heterocycles. The van der Waals surface area contributed by atoms with Crippen molar-refractivity contribution in [2.75, 3.05) is 0 Å². The van der Waals surface area contributed by atoms with Gasteiger partial charge in [0.15, 0.2) is 0 Å². The average Bonchev–Trinajstić information content (AvgIpc) is 2.99. The Labute approximate surface area is 231 Å². The molecule has 8 rings (SSSR count). The zero-order chi connectivity index (χ0) is 25.9. The zero-order valence-electron chi connectivity index (χ0n) is 21.2. The van der Waals surface area contributed by atoms with Crippen molar-refractivity contribution in [2.24, 2.45) is 0 Å². The van der Waals surface area contributed by atoms with E-state index < -0.39 is 0 Å². The minimum atomic E-state index is 0.750. The molecule has 39 heavy (non-hydrogen) atoms. The van der Waals surface area contributed by atoms with Crippen molar-refractivity contribution < 1.29 is 0 Å². The third-order valence-electron chi connectivity index (χ3n) is 8.06. The van der Waals surface area contributed by atoms with E-state index in [-0.39, 0.29) is 0 Å². The second-order valence-electron chi connectivity index (χ2n) is 10.3. The zero-order valence-corrected chi connectivity index (χ0v) is 21.9. The van der Waals surface area contributed by atoms with Crippen molar-refractivity contribution in [3.63, 3.8) is 0 Å². The standard InChI is InChI=1S/C38H23Cl/c39-30-17-18-33-35(29-16-14-25-8-2-4-10-27(25)20-29)22-37-32-12-6-5-11-31(32)34(23-38(37)36(33)21-30)28-15-13-24-7-1-3-9-26(24)19-28/h1-23H. The highest BCUT2D eigenvalue weighted by atomic mass is 35.5. The van der Waals surface area contributed by atoms with Crippen LogP contribution in [-0.4, -0.2) is 0 Å². The predicted molar refractivity (Wildman–Crippen MR) is 170 cm³/mol. The van der Waals surface area contributed by atoms with Gasteiger partial charge in [-0.3, -0.25) is 0 Å². The molecule has 0 bridgehead atoms. The number of fused-ring (bicyclic) bond motifs is 7. The Balaban J connectivity index is 1.49. The number of benzene rings is 8. The van der Waals surface area contributed by atoms with Crippen molar-refractivity contribution >= 4 is 65.5 Å². The number of rotatable bonds is 2. The third kappa shape index (κ3) is 3.61. The van der Waals surface area contributed by atoms with Gasteiger partial charge in [-0.05, 0) is 113 Å². The first-order chi connectivity index (χ1) is 19.2. The lowest BCUT2D eigenvalue weighted by molar-refractivity contribution is 1.69. The Morgan fingerprint density at radius 1 is 0.308 bits per heavy atom. The minimum absolute atomic E-state index is 0.750. The Morgan fingerprint density at radius 3 is 1.38 bits per heavy atom. The normalized spacial score (nSPS) is 11.7. The molecule has 0 saturated heterocycles. The number of halogens is 1. The van der Waals surface area contributed by atoms with Gasteiger partial charge >= 0.3 is 0 Å². The largest absolute Gasteiger partial charge is 0.0843 e. The summed E-state index contributed by atoms with van der Waals surface area (Å²) in [5.74, 6) is 0. The maximum absolute atomic E-state index is 6.64. The van der Waals surface area contributed by atoms with E-state index >= 15 is 0 Å². The van der Waals surface area contributed by atoms with E-state index in [1.807, 2.05) is 6.07 Å². The van der Waals surface area contributed by atoms with E-state index in [0.29, 0.717) is 0 Å². The fourth-order valence-electron chi connectivity index (χ4n) is 6.16. The molecule has 0 spiro atoms. The van der Waals surface area contributed by atoms with Crippen LogP contribution < -0.4 is 0 Å². The van der Waals surface area contributed by atoms with Crippen molar-refractivity contribution in [1.82, 2.24) is 0 Å². The lowest BCUT2D eigenvalue weighted by Gasteiger charge is -2.17. The summed E-state index contributed by atoms with van der Waals surface area (Å²) < 4.78 is 0. The smallest absolute Gasteiger partial charge is 0.0412 e. The quantitative estimate of drug-likeness (QED) is 0.201. The summed E-state index contributed by atoms with van der Waals surface area (Å²) in [4.78, 5) is 0. The highest BCUT2D eigenvalue weighted by Crippen LogP contribution is 2.43.